The van der Waals surface area contributed by atoms with E-state index < -0.39 is 5.60 Å². The van der Waals surface area contributed by atoms with Crippen molar-refractivity contribution in [3.8, 4) is 0 Å². The Morgan fingerprint density at radius 2 is 2.21 bits per heavy atom. The lowest BCUT2D eigenvalue weighted by Gasteiger charge is -2.24. The van der Waals surface area contributed by atoms with Crippen LogP contribution in [0.4, 0.5) is 0 Å². The van der Waals surface area contributed by atoms with Crippen LogP contribution in [0.2, 0.25) is 0 Å². The third kappa shape index (κ3) is 4.22. The SMILES string of the molecule is CSCC(C)(O)CNC(C)c1cc2c(s1)CCCC2. The van der Waals surface area contributed by atoms with E-state index in [-0.39, 0.29) is 0 Å². The molecule has 1 aliphatic carbocycles. The number of nitrogens with one attached hydrogen (secondary N) is 1. The number of thioether (sulfide) groups is 1. The fraction of sp³-hybridized carbons (Fsp3) is 0.733. The highest BCUT2D eigenvalue weighted by molar-refractivity contribution is 7.98. The van der Waals surface area contributed by atoms with Gasteiger partial charge in [-0.25, -0.2) is 0 Å². The minimum absolute atomic E-state index is 0.337. The molecule has 2 nitrogen and oxygen atoms in total. The molecule has 1 heterocycles. The van der Waals surface area contributed by atoms with Gasteiger partial charge < -0.3 is 10.4 Å². The molecule has 0 fully saturated rings. The van der Waals surface area contributed by atoms with E-state index in [0.717, 1.165) is 5.75 Å². The molecule has 0 spiro atoms. The lowest BCUT2D eigenvalue weighted by Crippen LogP contribution is -2.40. The largest absolute Gasteiger partial charge is 0.388 e. The normalized spacial score (nSPS) is 19.8. The summed E-state index contributed by atoms with van der Waals surface area (Å²) in [6.07, 6.45) is 7.23. The number of hydrogen-bond acceptors (Lipinski definition) is 4. The number of fused-ring (bicyclic) bond motifs is 1. The van der Waals surface area contributed by atoms with Crippen LogP contribution in [0.25, 0.3) is 0 Å². The molecule has 4 heteroatoms. The molecule has 2 N–H and O–H groups in total. The summed E-state index contributed by atoms with van der Waals surface area (Å²) in [6.45, 7) is 4.76. The van der Waals surface area contributed by atoms with Crippen molar-refractivity contribution in [1.82, 2.24) is 5.32 Å². The van der Waals surface area contributed by atoms with Gasteiger partial charge in [0.25, 0.3) is 0 Å². The standard InChI is InChI=1S/C15H25NOS2/c1-11(16-9-15(2,17)10-18-3)14-8-12-6-4-5-7-13(12)19-14/h8,11,16-17H,4-7,9-10H2,1-3H3. The van der Waals surface area contributed by atoms with Crippen molar-refractivity contribution in [2.24, 2.45) is 0 Å². The van der Waals surface area contributed by atoms with Gasteiger partial charge in [0.1, 0.15) is 0 Å². The first-order valence-electron chi connectivity index (χ1n) is 7.08. The average molecular weight is 300 g/mol. The van der Waals surface area contributed by atoms with Crippen LogP contribution in [-0.2, 0) is 12.8 Å². The average Bonchev–Trinajstić information content (AvgIpc) is 2.79. The van der Waals surface area contributed by atoms with E-state index in [0.29, 0.717) is 12.6 Å². The van der Waals surface area contributed by atoms with Gasteiger partial charge in [-0.3, -0.25) is 0 Å². The molecular formula is C15H25NOS2. The van der Waals surface area contributed by atoms with E-state index in [1.165, 1.54) is 30.6 Å². The predicted octanol–water partition coefficient (Wildman–Crippen LogP) is 3.39. The van der Waals surface area contributed by atoms with Crippen LogP contribution < -0.4 is 5.32 Å². The van der Waals surface area contributed by atoms with Gasteiger partial charge in [0, 0.05) is 28.1 Å². The minimum Gasteiger partial charge on any atom is -0.388 e. The molecule has 1 aromatic heterocycles. The smallest absolute Gasteiger partial charge is 0.0833 e. The summed E-state index contributed by atoms with van der Waals surface area (Å²) in [5.41, 5.74) is 0.945. The zero-order valence-corrected chi connectivity index (χ0v) is 13.8. The maximum atomic E-state index is 10.2. The van der Waals surface area contributed by atoms with Crippen LogP contribution in [0, 0.1) is 0 Å². The number of thiophene rings is 1. The topological polar surface area (TPSA) is 32.3 Å². The van der Waals surface area contributed by atoms with Gasteiger partial charge in [-0.15, -0.1) is 11.3 Å². The number of aryl methyl sites for hydroxylation is 2. The summed E-state index contributed by atoms with van der Waals surface area (Å²) >= 11 is 3.65. The van der Waals surface area contributed by atoms with E-state index in [1.807, 2.05) is 24.5 Å². The van der Waals surface area contributed by atoms with Crippen molar-refractivity contribution < 1.29 is 5.11 Å². The summed E-state index contributed by atoms with van der Waals surface area (Å²) in [5, 5.41) is 13.7. The van der Waals surface area contributed by atoms with E-state index in [2.05, 4.69) is 18.3 Å². The first kappa shape index (κ1) is 15.4. The van der Waals surface area contributed by atoms with Crippen LogP contribution in [-0.4, -0.2) is 29.3 Å². The predicted molar refractivity (Wildman–Crippen MR) is 86.4 cm³/mol. The second kappa shape index (κ2) is 6.61. The van der Waals surface area contributed by atoms with Gasteiger partial charge in [-0.1, -0.05) is 0 Å². The molecule has 1 aliphatic rings. The van der Waals surface area contributed by atoms with Gasteiger partial charge in [0.05, 0.1) is 5.60 Å². The molecule has 0 aliphatic heterocycles. The Hall–Kier alpha value is -0.0300. The summed E-state index contributed by atoms with van der Waals surface area (Å²) in [6, 6.07) is 2.71. The van der Waals surface area contributed by atoms with E-state index >= 15 is 0 Å². The minimum atomic E-state index is -0.620. The Bertz CT molecular complexity index is 391. The zero-order chi connectivity index (χ0) is 13.9. The van der Waals surface area contributed by atoms with E-state index in [9.17, 15) is 5.11 Å². The molecule has 0 bridgehead atoms. The fourth-order valence-electron chi connectivity index (χ4n) is 2.56. The van der Waals surface area contributed by atoms with E-state index in [4.69, 9.17) is 0 Å². The molecule has 2 atom stereocenters. The van der Waals surface area contributed by atoms with E-state index in [1.54, 1.807) is 22.2 Å². The Labute approximate surface area is 125 Å². The summed E-state index contributed by atoms with van der Waals surface area (Å²) in [7, 11) is 0. The molecule has 2 rings (SSSR count). The van der Waals surface area contributed by atoms with Crippen LogP contribution in [0.15, 0.2) is 6.07 Å². The quantitative estimate of drug-likeness (QED) is 0.844. The monoisotopic (exact) mass is 299 g/mol. The lowest BCUT2D eigenvalue weighted by atomic mass is 9.99. The first-order valence-corrected chi connectivity index (χ1v) is 9.29. The molecule has 0 radical (unpaired) electrons. The maximum Gasteiger partial charge on any atom is 0.0833 e. The van der Waals surface area contributed by atoms with Crippen molar-refractivity contribution in [2.45, 2.75) is 51.2 Å². The maximum absolute atomic E-state index is 10.2. The lowest BCUT2D eigenvalue weighted by molar-refractivity contribution is 0.0822. The van der Waals surface area contributed by atoms with Gasteiger partial charge >= 0.3 is 0 Å². The third-order valence-corrected chi connectivity index (χ3v) is 6.02. The molecule has 0 saturated carbocycles. The molecule has 2 unspecified atom stereocenters. The molecule has 0 amide bonds. The van der Waals surface area contributed by atoms with Gasteiger partial charge in [-0.05, 0) is 57.4 Å². The van der Waals surface area contributed by atoms with Crippen LogP contribution >= 0.6 is 23.1 Å². The van der Waals surface area contributed by atoms with Crippen LogP contribution in [0.1, 0.15) is 48.0 Å². The second-order valence-corrected chi connectivity index (χ2v) is 7.87. The summed E-state index contributed by atoms with van der Waals surface area (Å²) < 4.78 is 0. The Morgan fingerprint density at radius 3 is 2.89 bits per heavy atom. The molecule has 0 saturated heterocycles. The van der Waals surface area contributed by atoms with Gasteiger partial charge in [0.2, 0.25) is 0 Å². The molecule has 1 aromatic rings. The Kier molecular flexibility index (Phi) is 5.35. The van der Waals surface area contributed by atoms with Crippen LogP contribution in [0.3, 0.4) is 0 Å². The highest BCUT2D eigenvalue weighted by Gasteiger charge is 2.22. The van der Waals surface area contributed by atoms with Crippen molar-refractivity contribution in [3.05, 3.63) is 21.4 Å². The highest BCUT2D eigenvalue weighted by atomic mass is 32.2. The van der Waals surface area contributed by atoms with Crippen molar-refractivity contribution in [1.29, 1.82) is 0 Å². The molecule has 0 aromatic carbocycles. The second-order valence-electron chi connectivity index (χ2n) is 5.84. The highest BCUT2D eigenvalue weighted by Crippen LogP contribution is 2.32. The first-order chi connectivity index (χ1) is 9.02. The molecule has 108 valence electrons. The summed E-state index contributed by atoms with van der Waals surface area (Å²) in [5.74, 6) is 0.771. The van der Waals surface area contributed by atoms with Gasteiger partial charge in [-0.2, -0.15) is 11.8 Å². The molecular weight excluding hydrogens is 274 g/mol. The Balaban J connectivity index is 1.92. The van der Waals surface area contributed by atoms with Crippen molar-refractivity contribution >= 4 is 23.1 Å². The van der Waals surface area contributed by atoms with Crippen LogP contribution in [0.5, 0.6) is 0 Å². The van der Waals surface area contributed by atoms with Gasteiger partial charge in [0.15, 0.2) is 0 Å². The Morgan fingerprint density at radius 1 is 1.47 bits per heavy atom. The van der Waals surface area contributed by atoms with Crippen molar-refractivity contribution in [3.63, 3.8) is 0 Å². The number of aliphatic hydroxyl groups is 1. The van der Waals surface area contributed by atoms with Crippen molar-refractivity contribution in [2.75, 3.05) is 18.6 Å². The fourth-order valence-corrected chi connectivity index (χ4v) is 4.57. The number of hydrogen-bond donors (Lipinski definition) is 2. The number of rotatable bonds is 6. The summed E-state index contributed by atoms with van der Waals surface area (Å²) in [4.78, 5) is 3.01. The molecule has 19 heavy (non-hydrogen) atoms. The third-order valence-electron chi connectivity index (χ3n) is 3.69. The zero-order valence-electron chi connectivity index (χ0n) is 12.2.